The summed E-state index contributed by atoms with van der Waals surface area (Å²) in [6.45, 7) is 5.69. The molecule has 1 aliphatic rings. The number of carbonyl (C=O) groups is 2. The number of nitrogens with zero attached hydrogens (tertiary/aromatic N) is 1. The summed E-state index contributed by atoms with van der Waals surface area (Å²) in [7, 11) is 1.59. The van der Waals surface area contributed by atoms with Gasteiger partial charge in [0.2, 0.25) is 5.91 Å². The normalized spacial score (nSPS) is 15.5. The standard InChI is InChI=1S/C23H29N3O5/c1-4-30-19-9-7-18(8-10-19)26-15-17(13-22(26)27)25-23(28)24-14-16-6-11-20(29-3)21(12-16)31-5-2/h6-12,17H,4-5,13-15H2,1-3H3,(H2,24,25,28)/t17-/m0/s1. The molecule has 1 aliphatic heterocycles. The Morgan fingerprint density at radius 1 is 1.06 bits per heavy atom. The van der Waals surface area contributed by atoms with Gasteiger partial charge < -0.3 is 29.7 Å². The lowest BCUT2D eigenvalue weighted by Gasteiger charge is -2.18. The average Bonchev–Trinajstić information content (AvgIpc) is 3.13. The van der Waals surface area contributed by atoms with Crippen LogP contribution in [0.15, 0.2) is 42.5 Å². The van der Waals surface area contributed by atoms with Crippen LogP contribution in [0.2, 0.25) is 0 Å². The number of amides is 3. The summed E-state index contributed by atoms with van der Waals surface area (Å²) in [4.78, 5) is 26.4. The maximum Gasteiger partial charge on any atom is 0.315 e. The van der Waals surface area contributed by atoms with Crippen LogP contribution in [-0.2, 0) is 11.3 Å². The van der Waals surface area contributed by atoms with Gasteiger partial charge in [-0.15, -0.1) is 0 Å². The topological polar surface area (TPSA) is 89.1 Å². The van der Waals surface area contributed by atoms with Gasteiger partial charge in [-0.25, -0.2) is 4.79 Å². The lowest BCUT2D eigenvalue weighted by atomic mass is 10.2. The molecule has 1 atom stereocenters. The zero-order chi connectivity index (χ0) is 22.2. The zero-order valence-electron chi connectivity index (χ0n) is 18.1. The fourth-order valence-corrected chi connectivity index (χ4v) is 3.46. The molecule has 8 heteroatoms. The Morgan fingerprint density at radius 3 is 2.48 bits per heavy atom. The zero-order valence-corrected chi connectivity index (χ0v) is 18.1. The maximum absolute atomic E-state index is 12.4. The molecule has 2 aromatic carbocycles. The van der Waals surface area contributed by atoms with E-state index >= 15 is 0 Å². The van der Waals surface area contributed by atoms with E-state index < -0.39 is 0 Å². The second-order valence-corrected chi connectivity index (χ2v) is 7.08. The fraction of sp³-hybridized carbons (Fsp3) is 0.391. The van der Waals surface area contributed by atoms with Gasteiger partial charge in [0.25, 0.3) is 0 Å². The van der Waals surface area contributed by atoms with Crippen molar-refractivity contribution in [1.29, 1.82) is 0 Å². The third-order valence-electron chi connectivity index (χ3n) is 4.90. The number of methoxy groups -OCH3 is 1. The molecule has 8 nitrogen and oxygen atoms in total. The molecule has 2 N–H and O–H groups in total. The van der Waals surface area contributed by atoms with Gasteiger partial charge in [0, 0.05) is 25.2 Å². The Hall–Kier alpha value is -3.42. The summed E-state index contributed by atoms with van der Waals surface area (Å²) >= 11 is 0. The molecular weight excluding hydrogens is 398 g/mol. The Kier molecular flexibility index (Phi) is 7.59. The minimum absolute atomic E-state index is 0.0222. The van der Waals surface area contributed by atoms with E-state index in [0.717, 1.165) is 17.0 Å². The largest absolute Gasteiger partial charge is 0.494 e. The molecule has 2 aromatic rings. The van der Waals surface area contributed by atoms with Crippen molar-refractivity contribution in [3.05, 3.63) is 48.0 Å². The Bertz CT molecular complexity index is 901. The highest BCUT2D eigenvalue weighted by atomic mass is 16.5. The minimum Gasteiger partial charge on any atom is -0.494 e. The summed E-state index contributed by atoms with van der Waals surface area (Å²) in [5, 5.41) is 5.71. The summed E-state index contributed by atoms with van der Waals surface area (Å²) in [6, 6.07) is 12.3. The number of carbonyl (C=O) groups excluding carboxylic acids is 2. The molecule has 0 bridgehead atoms. The molecule has 3 amide bonds. The Morgan fingerprint density at radius 2 is 1.81 bits per heavy atom. The van der Waals surface area contributed by atoms with Crippen molar-refractivity contribution in [3.8, 4) is 17.2 Å². The highest BCUT2D eigenvalue weighted by Gasteiger charge is 2.31. The predicted octanol–water partition coefficient (Wildman–Crippen LogP) is 3.10. The van der Waals surface area contributed by atoms with Crippen molar-refractivity contribution in [1.82, 2.24) is 10.6 Å². The van der Waals surface area contributed by atoms with Crippen LogP contribution in [0.25, 0.3) is 0 Å². The number of urea groups is 1. The molecule has 0 radical (unpaired) electrons. The van der Waals surface area contributed by atoms with Gasteiger partial charge in [0.05, 0.1) is 26.4 Å². The van der Waals surface area contributed by atoms with Crippen LogP contribution in [0.5, 0.6) is 17.2 Å². The number of ether oxygens (including phenoxy) is 3. The van der Waals surface area contributed by atoms with Gasteiger partial charge in [-0.1, -0.05) is 6.07 Å². The molecule has 0 unspecified atom stereocenters. The second-order valence-electron chi connectivity index (χ2n) is 7.08. The van der Waals surface area contributed by atoms with Gasteiger partial charge in [-0.3, -0.25) is 4.79 Å². The smallest absolute Gasteiger partial charge is 0.315 e. The van der Waals surface area contributed by atoms with E-state index in [0.29, 0.717) is 37.8 Å². The highest BCUT2D eigenvalue weighted by molar-refractivity contribution is 5.96. The third kappa shape index (κ3) is 5.81. The van der Waals surface area contributed by atoms with Crippen molar-refractivity contribution in [2.75, 3.05) is 31.8 Å². The monoisotopic (exact) mass is 427 g/mol. The third-order valence-corrected chi connectivity index (χ3v) is 4.90. The Labute approximate surface area is 182 Å². The molecule has 1 fully saturated rings. The van der Waals surface area contributed by atoms with E-state index in [1.165, 1.54) is 0 Å². The number of benzene rings is 2. The van der Waals surface area contributed by atoms with Gasteiger partial charge >= 0.3 is 6.03 Å². The average molecular weight is 428 g/mol. The summed E-state index contributed by atoms with van der Waals surface area (Å²) in [5.74, 6) is 2.02. The van der Waals surface area contributed by atoms with Crippen LogP contribution in [0.3, 0.4) is 0 Å². The first kappa shape index (κ1) is 22.3. The number of hydrogen-bond acceptors (Lipinski definition) is 5. The van der Waals surface area contributed by atoms with Crippen molar-refractivity contribution in [3.63, 3.8) is 0 Å². The van der Waals surface area contributed by atoms with Gasteiger partial charge in [0.15, 0.2) is 11.5 Å². The van der Waals surface area contributed by atoms with Crippen LogP contribution in [0.4, 0.5) is 10.5 Å². The molecule has 0 spiro atoms. The van der Waals surface area contributed by atoms with Crippen molar-refractivity contribution in [2.45, 2.75) is 32.9 Å². The van der Waals surface area contributed by atoms with Crippen LogP contribution < -0.4 is 29.7 Å². The lowest BCUT2D eigenvalue weighted by Crippen LogP contribution is -2.43. The highest BCUT2D eigenvalue weighted by Crippen LogP contribution is 2.28. The van der Waals surface area contributed by atoms with Crippen LogP contribution in [0.1, 0.15) is 25.8 Å². The fourth-order valence-electron chi connectivity index (χ4n) is 3.46. The van der Waals surface area contributed by atoms with Crippen molar-refractivity contribution in [2.24, 2.45) is 0 Å². The maximum atomic E-state index is 12.4. The molecular formula is C23H29N3O5. The molecule has 1 saturated heterocycles. The lowest BCUT2D eigenvalue weighted by molar-refractivity contribution is -0.117. The van der Waals surface area contributed by atoms with Gasteiger partial charge in [-0.05, 0) is 55.8 Å². The molecule has 1 heterocycles. The van der Waals surface area contributed by atoms with E-state index in [9.17, 15) is 9.59 Å². The van der Waals surface area contributed by atoms with E-state index in [2.05, 4.69) is 10.6 Å². The summed E-state index contributed by atoms with van der Waals surface area (Å²) < 4.78 is 16.3. The Balaban J connectivity index is 1.52. The molecule has 0 aliphatic carbocycles. The summed E-state index contributed by atoms with van der Waals surface area (Å²) in [6.07, 6.45) is 0.262. The summed E-state index contributed by atoms with van der Waals surface area (Å²) in [5.41, 5.74) is 1.68. The first-order chi connectivity index (χ1) is 15.0. The molecule has 0 aromatic heterocycles. The SMILES string of the molecule is CCOc1ccc(N2C[C@@H](NC(=O)NCc3ccc(OC)c(OCC)c3)CC2=O)cc1. The minimum atomic E-state index is -0.319. The number of anilines is 1. The van der Waals surface area contributed by atoms with Crippen LogP contribution in [-0.4, -0.2) is 44.8 Å². The first-order valence-electron chi connectivity index (χ1n) is 10.4. The van der Waals surface area contributed by atoms with Crippen LogP contribution >= 0.6 is 0 Å². The van der Waals surface area contributed by atoms with E-state index in [4.69, 9.17) is 14.2 Å². The molecule has 31 heavy (non-hydrogen) atoms. The van der Waals surface area contributed by atoms with E-state index in [1.54, 1.807) is 12.0 Å². The van der Waals surface area contributed by atoms with Crippen molar-refractivity contribution < 1.29 is 23.8 Å². The van der Waals surface area contributed by atoms with Gasteiger partial charge in [0.1, 0.15) is 5.75 Å². The predicted molar refractivity (Wildman–Crippen MR) is 118 cm³/mol. The molecule has 3 rings (SSSR count). The van der Waals surface area contributed by atoms with E-state index in [1.807, 2.05) is 56.3 Å². The first-order valence-corrected chi connectivity index (χ1v) is 10.4. The molecule has 0 saturated carbocycles. The quantitative estimate of drug-likeness (QED) is 0.642. The molecule has 166 valence electrons. The second kappa shape index (κ2) is 10.6. The van der Waals surface area contributed by atoms with E-state index in [-0.39, 0.29) is 24.4 Å². The van der Waals surface area contributed by atoms with Gasteiger partial charge in [-0.2, -0.15) is 0 Å². The number of rotatable bonds is 9. The van der Waals surface area contributed by atoms with Crippen molar-refractivity contribution >= 4 is 17.6 Å². The van der Waals surface area contributed by atoms with Crippen LogP contribution in [0, 0.1) is 0 Å². The number of nitrogens with one attached hydrogen (secondary N) is 2. The number of hydrogen-bond donors (Lipinski definition) is 2.